The lowest BCUT2D eigenvalue weighted by atomic mass is 9.82. The fraction of sp³-hybridized carbons (Fsp3) is 0.429. The van der Waals surface area contributed by atoms with Crippen LogP contribution in [0.2, 0.25) is 0 Å². The molecule has 1 saturated carbocycles. The third-order valence-electron chi connectivity index (χ3n) is 13.1. The average molecular weight is 816 g/mol. The number of aromatic nitrogens is 8. The van der Waals surface area contributed by atoms with Gasteiger partial charge in [0.1, 0.15) is 46.7 Å². The van der Waals surface area contributed by atoms with Gasteiger partial charge in [-0.25, -0.2) is 23.4 Å². The normalized spacial score (nSPS) is 24.4. The van der Waals surface area contributed by atoms with Gasteiger partial charge in [-0.15, -0.1) is 0 Å². The van der Waals surface area contributed by atoms with Crippen molar-refractivity contribution in [1.29, 1.82) is 0 Å². The number of nitrogens with zero attached hydrogens (tertiary/aromatic N) is 12. The summed E-state index contributed by atoms with van der Waals surface area (Å²) in [5, 5.41) is 8.65. The van der Waals surface area contributed by atoms with Crippen molar-refractivity contribution in [3.05, 3.63) is 72.3 Å². The van der Waals surface area contributed by atoms with Crippen LogP contribution in [-0.2, 0) is 20.9 Å². The number of hydrogen-bond acceptors (Lipinski definition) is 12. The number of methoxy groups -OCH3 is 1. The predicted octanol–water partition coefficient (Wildman–Crippen LogP) is 4.10. The second kappa shape index (κ2) is 13.9. The number of benzene rings is 1. The Morgan fingerprint density at radius 2 is 1.75 bits per heavy atom. The fourth-order valence-electron chi connectivity index (χ4n) is 9.80. The highest BCUT2D eigenvalue weighted by Crippen LogP contribution is 2.42. The van der Waals surface area contributed by atoms with Gasteiger partial charge in [0.05, 0.1) is 47.0 Å². The molecule has 6 aromatic rings. The van der Waals surface area contributed by atoms with Crippen molar-refractivity contribution in [2.24, 2.45) is 0 Å². The highest BCUT2D eigenvalue weighted by atomic mass is 19.1. The smallest absolute Gasteiger partial charge is 0.245 e. The standard InChI is InChI=1S/C42H43F2N13O3/c1-22-47-31-12-13-45-36-30-8-5-9-35(49-30)48-24-15-33(40(58)52(2)20-27(60-3)21-53(22)37(31)36)55(18-24)38-28-17-46-57(32-11-10-23(43)14-29(32)44)39(28)51-42(50-38)56-26-16-34(56)41(59)54(19-26)25-6-4-7-25/h5,8-14,17,24-27,33-34H,4,6-7,15-16,18-21H2,1-3H3,(H,48,49)/t24-,26-,27+,33-,34+/m0/s1. The number of imidazole rings is 1. The molecular weight excluding hydrogens is 773 g/mol. The van der Waals surface area contributed by atoms with Crippen molar-refractivity contribution in [3.63, 3.8) is 0 Å². The summed E-state index contributed by atoms with van der Waals surface area (Å²) in [4.78, 5) is 61.2. The van der Waals surface area contributed by atoms with Crippen molar-refractivity contribution < 1.29 is 23.1 Å². The monoisotopic (exact) mass is 815 g/mol. The number of nitrogens with one attached hydrogen (secondary N) is 1. The summed E-state index contributed by atoms with van der Waals surface area (Å²) in [6.45, 7) is 3.54. The highest BCUT2D eigenvalue weighted by Gasteiger charge is 2.54. The first-order chi connectivity index (χ1) is 29.1. The lowest BCUT2D eigenvalue weighted by Crippen LogP contribution is -2.73. The molecule has 10 heterocycles. The van der Waals surface area contributed by atoms with Crippen molar-refractivity contribution >= 4 is 51.5 Å². The molecule has 5 aliphatic heterocycles. The molecule has 18 heteroatoms. The van der Waals surface area contributed by atoms with Gasteiger partial charge in [-0.2, -0.15) is 15.1 Å². The van der Waals surface area contributed by atoms with Crippen LogP contribution in [0.5, 0.6) is 0 Å². The van der Waals surface area contributed by atoms with Gasteiger partial charge in [0.2, 0.25) is 17.8 Å². The van der Waals surface area contributed by atoms with E-state index in [-0.39, 0.29) is 47.8 Å². The van der Waals surface area contributed by atoms with E-state index in [2.05, 4.69) is 15.0 Å². The summed E-state index contributed by atoms with van der Waals surface area (Å²) < 4.78 is 39.0. The number of hydrogen-bond donors (Lipinski definition) is 1. The fourth-order valence-corrected chi connectivity index (χ4v) is 9.80. The van der Waals surface area contributed by atoms with Crippen molar-refractivity contribution in [1.82, 2.24) is 49.1 Å². The number of piperazine rings is 1. The molecular formula is C42H43F2N13O3. The van der Waals surface area contributed by atoms with Gasteiger partial charge in [-0.05, 0) is 69.4 Å². The molecule has 16 nitrogen and oxygen atoms in total. The summed E-state index contributed by atoms with van der Waals surface area (Å²) in [7, 11) is 3.42. The van der Waals surface area contributed by atoms with Crippen molar-refractivity contribution in [2.45, 2.75) is 81.9 Å². The SMILES string of the molecule is CO[C@@H]1CN(C)C(=O)[C@@H]2C[C@@H](CN2c2nc(N3[C@H]4C[C@@H]3C(=O)N(C3CCC3)C4)nc3c2cnn3-c2ccc(F)cc2F)Nc2cccc(n2)-c2nccc3nc(C)n(c23)C1. The van der Waals surface area contributed by atoms with Crippen LogP contribution in [0, 0.1) is 18.6 Å². The van der Waals surface area contributed by atoms with E-state index in [0.717, 1.165) is 42.2 Å². The first-order valence-electron chi connectivity index (χ1n) is 20.5. The molecule has 5 aromatic heterocycles. The Labute approximate surface area is 343 Å². The molecule has 6 aliphatic rings. The Morgan fingerprint density at radius 1 is 0.883 bits per heavy atom. The minimum Gasteiger partial charge on any atom is -0.378 e. The maximum atomic E-state index is 15.5. The van der Waals surface area contributed by atoms with Crippen LogP contribution in [0.25, 0.3) is 39.1 Å². The lowest BCUT2D eigenvalue weighted by molar-refractivity contribution is -0.145. The third kappa shape index (κ3) is 5.77. The Balaban J connectivity index is 1.03. The number of likely N-dealkylation sites (N-methyl/N-ethyl adjacent to an activating group) is 1. The minimum atomic E-state index is -0.811. The van der Waals surface area contributed by atoms with E-state index in [1.54, 1.807) is 31.5 Å². The average Bonchev–Trinajstić information content (AvgIpc) is 3.91. The van der Waals surface area contributed by atoms with Crippen molar-refractivity contribution in [2.75, 3.05) is 48.9 Å². The predicted molar refractivity (Wildman–Crippen MR) is 218 cm³/mol. The summed E-state index contributed by atoms with van der Waals surface area (Å²) in [5.41, 5.74) is 3.26. The number of fused-ring (bicyclic) bond motifs is 8. The van der Waals surface area contributed by atoms with E-state index >= 15 is 4.39 Å². The number of carbonyl (C=O) groups excluding carboxylic acids is 2. The molecule has 5 atom stereocenters. The van der Waals surface area contributed by atoms with Gasteiger partial charge in [-0.3, -0.25) is 14.6 Å². The molecule has 60 heavy (non-hydrogen) atoms. The van der Waals surface area contributed by atoms with Crippen LogP contribution < -0.4 is 15.1 Å². The number of rotatable bonds is 5. The molecule has 0 spiro atoms. The number of ether oxygens (including phenoxy) is 1. The zero-order valence-corrected chi connectivity index (χ0v) is 33.4. The zero-order chi connectivity index (χ0) is 41.0. The van der Waals surface area contributed by atoms with Crippen LogP contribution in [-0.4, -0.2) is 131 Å². The second-order valence-corrected chi connectivity index (χ2v) is 16.7. The Hall–Kier alpha value is -6.30. The zero-order valence-electron chi connectivity index (χ0n) is 33.4. The highest BCUT2D eigenvalue weighted by molar-refractivity contribution is 5.95. The number of anilines is 3. The van der Waals surface area contributed by atoms with Crippen LogP contribution in [0.15, 0.2) is 54.9 Å². The molecule has 2 amide bonds. The van der Waals surface area contributed by atoms with Crippen LogP contribution in [0.3, 0.4) is 0 Å². The molecule has 0 radical (unpaired) electrons. The topological polar surface area (TPSA) is 156 Å². The van der Waals surface area contributed by atoms with Gasteiger partial charge in [0.15, 0.2) is 11.5 Å². The third-order valence-corrected chi connectivity index (χ3v) is 13.1. The first kappa shape index (κ1) is 36.8. The molecule has 4 saturated heterocycles. The molecule has 1 aliphatic carbocycles. The molecule has 6 bridgehead atoms. The maximum Gasteiger partial charge on any atom is 0.245 e. The van der Waals surface area contributed by atoms with Gasteiger partial charge in [-0.1, -0.05) is 6.07 Å². The first-order valence-corrected chi connectivity index (χ1v) is 20.5. The van der Waals surface area contributed by atoms with E-state index in [0.29, 0.717) is 66.8 Å². The number of pyridine rings is 2. The second-order valence-electron chi connectivity index (χ2n) is 16.7. The molecule has 0 unspecified atom stereocenters. The molecule has 308 valence electrons. The Morgan fingerprint density at radius 3 is 2.53 bits per heavy atom. The van der Waals surface area contributed by atoms with Crippen LogP contribution in [0.1, 0.15) is 37.9 Å². The Bertz CT molecular complexity index is 2720. The number of halogens is 2. The Kier molecular flexibility index (Phi) is 8.51. The van der Waals surface area contributed by atoms with Crippen molar-refractivity contribution in [3.8, 4) is 17.1 Å². The van der Waals surface area contributed by atoms with E-state index in [1.807, 2.05) is 45.9 Å². The van der Waals surface area contributed by atoms with Crippen LogP contribution >= 0.6 is 0 Å². The minimum absolute atomic E-state index is 0.00281. The number of aryl methyl sites for hydroxylation is 1. The number of piperidine rings is 1. The number of amides is 2. The largest absolute Gasteiger partial charge is 0.378 e. The van der Waals surface area contributed by atoms with E-state index in [4.69, 9.17) is 29.7 Å². The quantitative estimate of drug-likeness (QED) is 0.267. The number of carbonyl (C=O) groups is 2. The molecule has 1 aromatic carbocycles. The van der Waals surface area contributed by atoms with Crippen LogP contribution in [0.4, 0.5) is 26.4 Å². The van der Waals surface area contributed by atoms with E-state index < -0.39 is 29.8 Å². The van der Waals surface area contributed by atoms with E-state index in [9.17, 15) is 14.0 Å². The summed E-state index contributed by atoms with van der Waals surface area (Å²) in [6, 6.07) is 9.78. The summed E-state index contributed by atoms with van der Waals surface area (Å²) in [5.74, 6) is 0.500. The summed E-state index contributed by atoms with van der Waals surface area (Å²) in [6.07, 6.45) is 7.11. The van der Waals surface area contributed by atoms with E-state index in [1.165, 1.54) is 16.8 Å². The van der Waals surface area contributed by atoms with Gasteiger partial charge >= 0.3 is 0 Å². The molecule has 1 N–H and O–H groups in total. The lowest BCUT2D eigenvalue weighted by Gasteiger charge is -2.57. The summed E-state index contributed by atoms with van der Waals surface area (Å²) >= 11 is 0. The van der Waals surface area contributed by atoms with Gasteiger partial charge in [0.25, 0.3) is 0 Å². The van der Waals surface area contributed by atoms with Gasteiger partial charge < -0.3 is 34.2 Å². The molecule has 5 fully saturated rings. The maximum absolute atomic E-state index is 15.5. The molecule has 12 rings (SSSR count). The van der Waals surface area contributed by atoms with Gasteiger partial charge in [0, 0.05) is 58.1 Å².